The van der Waals surface area contributed by atoms with Crippen molar-refractivity contribution >= 4 is 10.0 Å². The number of benzene rings is 1. The SMILES string of the molecule is N#Cc1cc(S(=O)(=O)NCCC2CCC2)ccc1F. The maximum atomic E-state index is 13.1. The number of nitrogens with zero attached hydrogens (tertiary/aromatic N) is 1. The van der Waals surface area contributed by atoms with Gasteiger partial charge in [-0.2, -0.15) is 5.26 Å². The van der Waals surface area contributed by atoms with Gasteiger partial charge < -0.3 is 0 Å². The van der Waals surface area contributed by atoms with Crippen molar-refractivity contribution in [2.75, 3.05) is 6.54 Å². The van der Waals surface area contributed by atoms with E-state index in [1.807, 2.05) is 0 Å². The minimum Gasteiger partial charge on any atom is -0.211 e. The zero-order valence-corrected chi connectivity index (χ0v) is 11.2. The highest BCUT2D eigenvalue weighted by Crippen LogP contribution is 2.28. The van der Waals surface area contributed by atoms with Crippen LogP contribution in [0.5, 0.6) is 0 Å². The van der Waals surface area contributed by atoms with Crippen molar-refractivity contribution in [3.8, 4) is 6.07 Å². The van der Waals surface area contributed by atoms with E-state index in [-0.39, 0.29) is 10.5 Å². The van der Waals surface area contributed by atoms with Gasteiger partial charge >= 0.3 is 0 Å². The molecule has 0 spiro atoms. The molecule has 0 bridgehead atoms. The van der Waals surface area contributed by atoms with E-state index in [9.17, 15) is 12.8 Å². The van der Waals surface area contributed by atoms with E-state index in [1.165, 1.54) is 12.5 Å². The maximum Gasteiger partial charge on any atom is 0.240 e. The molecular formula is C13H15FN2O2S. The van der Waals surface area contributed by atoms with Gasteiger partial charge in [0.25, 0.3) is 0 Å². The summed E-state index contributed by atoms with van der Waals surface area (Å²) in [4.78, 5) is -0.0703. The van der Waals surface area contributed by atoms with Crippen LogP contribution in [-0.2, 0) is 10.0 Å². The smallest absolute Gasteiger partial charge is 0.211 e. The van der Waals surface area contributed by atoms with Crippen LogP contribution in [-0.4, -0.2) is 15.0 Å². The Morgan fingerprint density at radius 3 is 2.74 bits per heavy atom. The van der Waals surface area contributed by atoms with Gasteiger partial charge in [-0.15, -0.1) is 0 Å². The summed E-state index contributed by atoms with van der Waals surface area (Å²) in [7, 11) is -3.66. The zero-order chi connectivity index (χ0) is 13.9. The molecule has 0 saturated heterocycles. The van der Waals surface area contributed by atoms with Crippen LogP contribution in [0.15, 0.2) is 23.1 Å². The summed E-state index contributed by atoms with van der Waals surface area (Å²) in [6, 6.07) is 4.86. The molecule has 1 aliphatic rings. The molecular weight excluding hydrogens is 267 g/mol. The first-order chi connectivity index (χ1) is 9.03. The second kappa shape index (κ2) is 5.68. The van der Waals surface area contributed by atoms with Gasteiger partial charge in [0.2, 0.25) is 10.0 Å². The van der Waals surface area contributed by atoms with Crippen LogP contribution in [0.4, 0.5) is 4.39 Å². The Bertz CT molecular complexity index is 604. The quantitative estimate of drug-likeness (QED) is 0.899. The fourth-order valence-corrected chi connectivity index (χ4v) is 3.09. The van der Waals surface area contributed by atoms with Crippen molar-refractivity contribution in [1.29, 1.82) is 5.26 Å². The minimum atomic E-state index is -3.66. The van der Waals surface area contributed by atoms with E-state index < -0.39 is 15.8 Å². The van der Waals surface area contributed by atoms with E-state index >= 15 is 0 Å². The zero-order valence-electron chi connectivity index (χ0n) is 10.4. The molecule has 6 heteroatoms. The maximum absolute atomic E-state index is 13.1. The van der Waals surface area contributed by atoms with Crippen molar-refractivity contribution < 1.29 is 12.8 Å². The van der Waals surface area contributed by atoms with Crippen LogP contribution >= 0.6 is 0 Å². The Morgan fingerprint density at radius 2 is 2.16 bits per heavy atom. The lowest BCUT2D eigenvalue weighted by Crippen LogP contribution is -2.27. The van der Waals surface area contributed by atoms with Crippen molar-refractivity contribution in [2.24, 2.45) is 5.92 Å². The van der Waals surface area contributed by atoms with Gasteiger partial charge in [0.1, 0.15) is 11.9 Å². The third-order valence-electron chi connectivity index (χ3n) is 3.44. The van der Waals surface area contributed by atoms with Crippen LogP contribution < -0.4 is 4.72 Å². The first kappa shape index (κ1) is 14.0. The standard InChI is InChI=1S/C13H15FN2O2S/c14-13-5-4-12(8-11(13)9-15)19(17,18)16-7-6-10-2-1-3-10/h4-5,8,10,16H,1-3,6-7H2. The summed E-state index contributed by atoms with van der Waals surface area (Å²) < 4.78 is 39.5. The molecule has 0 radical (unpaired) electrons. The Balaban J connectivity index is 2.04. The average Bonchev–Trinajstić information content (AvgIpc) is 2.32. The molecule has 1 saturated carbocycles. The number of nitriles is 1. The Morgan fingerprint density at radius 1 is 1.42 bits per heavy atom. The molecule has 4 nitrogen and oxygen atoms in total. The number of sulfonamides is 1. The van der Waals surface area contributed by atoms with E-state index in [2.05, 4.69) is 4.72 Å². The number of hydrogen-bond acceptors (Lipinski definition) is 3. The number of halogens is 1. The molecule has 1 aliphatic carbocycles. The number of rotatable bonds is 5. The van der Waals surface area contributed by atoms with Crippen molar-refractivity contribution in [3.05, 3.63) is 29.6 Å². The molecule has 0 amide bonds. The van der Waals surface area contributed by atoms with E-state index in [0.29, 0.717) is 12.5 Å². The van der Waals surface area contributed by atoms with E-state index in [4.69, 9.17) is 5.26 Å². The monoisotopic (exact) mass is 282 g/mol. The van der Waals surface area contributed by atoms with Crippen molar-refractivity contribution in [2.45, 2.75) is 30.6 Å². The molecule has 1 aromatic rings. The molecule has 0 heterocycles. The highest BCUT2D eigenvalue weighted by atomic mass is 32.2. The Kier molecular flexibility index (Phi) is 4.17. The summed E-state index contributed by atoms with van der Waals surface area (Å²) in [6.07, 6.45) is 4.38. The van der Waals surface area contributed by atoms with Gasteiger partial charge in [-0.25, -0.2) is 17.5 Å². The third-order valence-corrected chi connectivity index (χ3v) is 4.90. The largest absolute Gasteiger partial charge is 0.240 e. The van der Waals surface area contributed by atoms with Crippen LogP contribution in [0, 0.1) is 23.1 Å². The van der Waals surface area contributed by atoms with Gasteiger partial charge in [0.05, 0.1) is 10.5 Å². The molecule has 1 N–H and O–H groups in total. The van der Waals surface area contributed by atoms with Gasteiger partial charge in [-0.1, -0.05) is 19.3 Å². The van der Waals surface area contributed by atoms with Crippen LogP contribution in [0.2, 0.25) is 0 Å². The topological polar surface area (TPSA) is 70.0 Å². The van der Waals surface area contributed by atoms with Crippen LogP contribution in [0.3, 0.4) is 0 Å². The first-order valence-electron chi connectivity index (χ1n) is 6.22. The summed E-state index contributed by atoms with van der Waals surface area (Å²) in [5, 5.41) is 8.69. The molecule has 0 aromatic heterocycles. The van der Waals surface area contributed by atoms with Gasteiger partial charge in [0, 0.05) is 6.54 Å². The van der Waals surface area contributed by atoms with Crippen molar-refractivity contribution in [1.82, 2.24) is 4.72 Å². The first-order valence-corrected chi connectivity index (χ1v) is 7.70. The molecule has 0 atom stereocenters. The van der Waals surface area contributed by atoms with Crippen LogP contribution in [0.25, 0.3) is 0 Å². The fourth-order valence-electron chi connectivity index (χ4n) is 2.02. The average molecular weight is 282 g/mol. The Hall–Kier alpha value is -1.45. The van der Waals surface area contributed by atoms with E-state index in [1.54, 1.807) is 6.07 Å². The highest BCUT2D eigenvalue weighted by Gasteiger charge is 2.19. The molecule has 0 unspecified atom stereocenters. The van der Waals surface area contributed by atoms with Gasteiger partial charge in [0.15, 0.2) is 0 Å². The summed E-state index contributed by atoms with van der Waals surface area (Å²) in [5.74, 6) is -0.0958. The summed E-state index contributed by atoms with van der Waals surface area (Å²) in [5.41, 5.74) is -0.262. The molecule has 19 heavy (non-hydrogen) atoms. The second-order valence-corrected chi connectivity index (χ2v) is 6.50. The highest BCUT2D eigenvalue weighted by molar-refractivity contribution is 7.89. The molecule has 0 aliphatic heterocycles. The van der Waals surface area contributed by atoms with Gasteiger partial charge in [-0.3, -0.25) is 0 Å². The number of nitrogens with one attached hydrogen (secondary N) is 1. The fraction of sp³-hybridized carbons (Fsp3) is 0.462. The second-order valence-electron chi connectivity index (χ2n) is 4.74. The predicted octanol–water partition coefficient (Wildman–Crippen LogP) is 2.17. The summed E-state index contributed by atoms with van der Waals surface area (Å²) >= 11 is 0. The molecule has 102 valence electrons. The van der Waals surface area contributed by atoms with Gasteiger partial charge in [-0.05, 0) is 30.5 Å². The van der Waals surface area contributed by atoms with Crippen molar-refractivity contribution in [3.63, 3.8) is 0 Å². The normalized spacial score (nSPS) is 15.8. The van der Waals surface area contributed by atoms with Crippen LogP contribution in [0.1, 0.15) is 31.2 Å². The lowest BCUT2D eigenvalue weighted by molar-refractivity contribution is 0.297. The number of hydrogen-bond donors (Lipinski definition) is 1. The summed E-state index contributed by atoms with van der Waals surface area (Å²) in [6.45, 7) is 0.381. The Labute approximate surface area is 112 Å². The molecule has 1 aromatic carbocycles. The molecule has 2 rings (SSSR count). The predicted molar refractivity (Wildman–Crippen MR) is 68.3 cm³/mol. The lowest BCUT2D eigenvalue weighted by atomic mass is 9.83. The van der Waals surface area contributed by atoms with E-state index in [0.717, 1.165) is 31.4 Å². The lowest BCUT2D eigenvalue weighted by Gasteiger charge is -2.25. The molecule has 1 fully saturated rings. The minimum absolute atomic E-state index is 0.0703. The third kappa shape index (κ3) is 3.31.